The molecule has 0 bridgehead atoms. The van der Waals surface area contributed by atoms with Crippen molar-refractivity contribution in [1.82, 2.24) is 15.1 Å². The summed E-state index contributed by atoms with van der Waals surface area (Å²) >= 11 is 0. The van der Waals surface area contributed by atoms with E-state index in [-0.39, 0.29) is 0 Å². The van der Waals surface area contributed by atoms with Gasteiger partial charge >= 0.3 is 0 Å². The predicted molar refractivity (Wildman–Crippen MR) is 75.5 cm³/mol. The SMILES string of the molecule is CCNC(CCc1cnn(C)c1)C1CCCC1C. The molecule has 3 atom stereocenters. The monoisotopic (exact) mass is 249 g/mol. The molecular formula is C15H27N3. The van der Waals surface area contributed by atoms with Crippen molar-refractivity contribution in [1.29, 1.82) is 0 Å². The Bertz CT molecular complexity index is 358. The van der Waals surface area contributed by atoms with Crippen LogP contribution in [0.25, 0.3) is 0 Å². The minimum Gasteiger partial charge on any atom is -0.314 e. The molecule has 0 saturated heterocycles. The molecule has 3 heteroatoms. The fraction of sp³-hybridized carbons (Fsp3) is 0.800. The molecular weight excluding hydrogens is 222 g/mol. The maximum Gasteiger partial charge on any atom is 0.0521 e. The maximum atomic E-state index is 4.25. The van der Waals surface area contributed by atoms with Crippen molar-refractivity contribution in [3.63, 3.8) is 0 Å². The first-order chi connectivity index (χ1) is 8.70. The van der Waals surface area contributed by atoms with Gasteiger partial charge in [0.05, 0.1) is 6.20 Å². The molecule has 1 N–H and O–H groups in total. The van der Waals surface area contributed by atoms with Gasteiger partial charge in [0.15, 0.2) is 0 Å². The zero-order valence-electron chi connectivity index (χ0n) is 12.0. The van der Waals surface area contributed by atoms with Crippen molar-refractivity contribution in [2.75, 3.05) is 6.54 Å². The molecule has 3 unspecified atom stereocenters. The highest BCUT2D eigenvalue weighted by Crippen LogP contribution is 2.35. The van der Waals surface area contributed by atoms with Crippen molar-refractivity contribution in [3.8, 4) is 0 Å². The molecule has 102 valence electrons. The Morgan fingerprint density at radius 2 is 2.33 bits per heavy atom. The number of hydrogen-bond acceptors (Lipinski definition) is 2. The molecule has 0 spiro atoms. The topological polar surface area (TPSA) is 29.9 Å². The fourth-order valence-electron chi connectivity index (χ4n) is 3.42. The second kappa shape index (κ2) is 6.37. The Morgan fingerprint density at radius 3 is 2.89 bits per heavy atom. The van der Waals surface area contributed by atoms with E-state index in [0.717, 1.165) is 24.8 Å². The van der Waals surface area contributed by atoms with Gasteiger partial charge in [-0.05, 0) is 43.2 Å². The normalized spacial score (nSPS) is 25.5. The summed E-state index contributed by atoms with van der Waals surface area (Å²) < 4.78 is 1.90. The van der Waals surface area contributed by atoms with E-state index in [4.69, 9.17) is 0 Å². The molecule has 0 amide bonds. The highest BCUT2D eigenvalue weighted by Gasteiger charge is 2.30. The van der Waals surface area contributed by atoms with Crippen LogP contribution in [-0.2, 0) is 13.5 Å². The average molecular weight is 249 g/mol. The van der Waals surface area contributed by atoms with Crippen LogP contribution < -0.4 is 5.32 Å². The van der Waals surface area contributed by atoms with E-state index in [9.17, 15) is 0 Å². The highest BCUT2D eigenvalue weighted by atomic mass is 15.2. The molecule has 0 aliphatic heterocycles. The lowest BCUT2D eigenvalue weighted by atomic mass is 9.87. The summed E-state index contributed by atoms with van der Waals surface area (Å²) in [5.41, 5.74) is 1.37. The Hall–Kier alpha value is -0.830. The first kappa shape index (κ1) is 13.6. The molecule has 1 fully saturated rings. The quantitative estimate of drug-likeness (QED) is 0.840. The Balaban J connectivity index is 1.89. The maximum absolute atomic E-state index is 4.25. The van der Waals surface area contributed by atoms with Crippen LogP contribution in [0.1, 0.15) is 45.1 Å². The Morgan fingerprint density at radius 1 is 1.50 bits per heavy atom. The number of hydrogen-bond donors (Lipinski definition) is 1. The zero-order chi connectivity index (χ0) is 13.0. The van der Waals surface area contributed by atoms with Gasteiger partial charge < -0.3 is 5.32 Å². The van der Waals surface area contributed by atoms with Gasteiger partial charge in [0.1, 0.15) is 0 Å². The van der Waals surface area contributed by atoms with Crippen LogP contribution in [0.15, 0.2) is 12.4 Å². The molecule has 1 saturated carbocycles. The fourth-order valence-corrected chi connectivity index (χ4v) is 3.42. The lowest BCUT2D eigenvalue weighted by Crippen LogP contribution is -2.37. The molecule has 1 aromatic heterocycles. The summed E-state index contributed by atoms with van der Waals surface area (Å²) in [6.45, 7) is 5.73. The van der Waals surface area contributed by atoms with Gasteiger partial charge in [-0.1, -0.05) is 26.7 Å². The number of nitrogens with zero attached hydrogens (tertiary/aromatic N) is 2. The van der Waals surface area contributed by atoms with E-state index in [1.54, 1.807) is 0 Å². The van der Waals surface area contributed by atoms with Crippen LogP contribution in [-0.4, -0.2) is 22.4 Å². The number of nitrogens with one attached hydrogen (secondary N) is 1. The minimum absolute atomic E-state index is 0.688. The Kier molecular flexibility index (Phi) is 4.81. The van der Waals surface area contributed by atoms with Crippen LogP contribution in [0, 0.1) is 11.8 Å². The van der Waals surface area contributed by atoms with Gasteiger partial charge in [-0.2, -0.15) is 5.10 Å². The summed E-state index contributed by atoms with van der Waals surface area (Å²) in [5, 5.41) is 7.95. The van der Waals surface area contributed by atoms with Gasteiger partial charge in [-0.25, -0.2) is 0 Å². The second-order valence-corrected chi connectivity index (χ2v) is 5.80. The summed E-state index contributed by atoms with van der Waals surface area (Å²) in [7, 11) is 1.99. The number of aryl methyl sites for hydroxylation is 2. The van der Waals surface area contributed by atoms with Gasteiger partial charge in [0.2, 0.25) is 0 Å². The molecule has 2 rings (SSSR count). The van der Waals surface area contributed by atoms with Crippen molar-refractivity contribution in [3.05, 3.63) is 18.0 Å². The van der Waals surface area contributed by atoms with E-state index < -0.39 is 0 Å². The van der Waals surface area contributed by atoms with E-state index >= 15 is 0 Å². The Labute approximate surface area is 111 Å². The van der Waals surface area contributed by atoms with Crippen LogP contribution in [0.2, 0.25) is 0 Å². The minimum atomic E-state index is 0.688. The van der Waals surface area contributed by atoms with Crippen molar-refractivity contribution < 1.29 is 0 Å². The summed E-state index contributed by atoms with van der Waals surface area (Å²) in [4.78, 5) is 0. The summed E-state index contributed by atoms with van der Waals surface area (Å²) in [6.07, 6.45) is 10.8. The molecule has 0 aromatic carbocycles. The van der Waals surface area contributed by atoms with Crippen molar-refractivity contribution in [2.45, 2.75) is 52.0 Å². The lowest BCUT2D eigenvalue weighted by Gasteiger charge is -2.27. The number of rotatable bonds is 6. The van der Waals surface area contributed by atoms with E-state index in [0.29, 0.717) is 6.04 Å². The molecule has 1 aliphatic carbocycles. The molecule has 1 heterocycles. The lowest BCUT2D eigenvalue weighted by molar-refractivity contribution is 0.287. The van der Waals surface area contributed by atoms with Gasteiger partial charge in [-0.3, -0.25) is 4.68 Å². The predicted octanol–water partition coefficient (Wildman–Crippen LogP) is 2.77. The van der Waals surface area contributed by atoms with Gasteiger partial charge in [-0.15, -0.1) is 0 Å². The van der Waals surface area contributed by atoms with Gasteiger partial charge in [0, 0.05) is 19.3 Å². The van der Waals surface area contributed by atoms with Crippen molar-refractivity contribution in [2.24, 2.45) is 18.9 Å². The molecule has 3 nitrogen and oxygen atoms in total. The molecule has 0 radical (unpaired) electrons. The van der Waals surface area contributed by atoms with E-state index in [1.807, 2.05) is 17.9 Å². The second-order valence-electron chi connectivity index (χ2n) is 5.80. The van der Waals surface area contributed by atoms with Crippen LogP contribution in [0.4, 0.5) is 0 Å². The third-order valence-corrected chi connectivity index (χ3v) is 4.41. The van der Waals surface area contributed by atoms with Gasteiger partial charge in [0.25, 0.3) is 0 Å². The van der Waals surface area contributed by atoms with E-state index in [2.05, 4.69) is 30.5 Å². The zero-order valence-corrected chi connectivity index (χ0v) is 12.0. The van der Waals surface area contributed by atoms with E-state index in [1.165, 1.54) is 31.2 Å². The summed E-state index contributed by atoms with van der Waals surface area (Å²) in [6, 6.07) is 0.688. The standard InChI is InChI=1S/C15H27N3/c1-4-16-15(14-7-5-6-12(14)2)9-8-13-10-17-18(3)11-13/h10-12,14-16H,4-9H2,1-3H3. The largest absolute Gasteiger partial charge is 0.314 e. The molecule has 1 aromatic rings. The smallest absolute Gasteiger partial charge is 0.0521 e. The van der Waals surface area contributed by atoms with Crippen LogP contribution >= 0.6 is 0 Å². The number of aromatic nitrogens is 2. The van der Waals surface area contributed by atoms with Crippen molar-refractivity contribution >= 4 is 0 Å². The third-order valence-electron chi connectivity index (χ3n) is 4.41. The first-order valence-electron chi connectivity index (χ1n) is 7.41. The van der Waals surface area contributed by atoms with Crippen LogP contribution in [0.3, 0.4) is 0 Å². The first-order valence-corrected chi connectivity index (χ1v) is 7.41. The van der Waals surface area contributed by atoms with Crippen LogP contribution in [0.5, 0.6) is 0 Å². The molecule has 18 heavy (non-hydrogen) atoms. The average Bonchev–Trinajstić information content (AvgIpc) is 2.94. The summed E-state index contributed by atoms with van der Waals surface area (Å²) in [5.74, 6) is 1.77. The highest BCUT2D eigenvalue weighted by molar-refractivity contribution is 5.04. The molecule has 1 aliphatic rings. The third kappa shape index (κ3) is 3.35.